The van der Waals surface area contributed by atoms with Crippen LogP contribution < -0.4 is 5.32 Å². The van der Waals surface area contributed by atoms with E-state index < -0.39 is 0 Å². The van der Waals surface area contributed by atoms with Crippen LogP contribution in [0.3, 0.4) is 0 Å². The number of hydrogen-bond donors (Lipinski definition) is 1. The highest BCUT2D eigenvalue weighted by atomic mass is 79.9. The Morgan fingerprint density at radius 2 is 2.05 bits per heavy atom. The zero-order valence-electron chi connectivity index (χ0n) is 12.6. The zero-order chi connectivity index (χ0) is 15.2. The molecule has 1 aromatic carbocycles. The van der Waals surface area contributed by atoms with E-state index in [4.69, 9.17) is 4.74 Å². The number of benzene rings is 1. The summed E-state index contributed by atoms with van der Waals surface area (Å²) in [5.74, 6) is 1.56. The first-order chi connectivity index (χ1) is 10.1. The van der Waals surface area contributed by atoms with Gasteiger partial charge < -0.3 is 10.1 Å². The van der Waals surface area contributed by atoms with Crippen molar-refractivity contribution in [1.29, 1.82) is 0 Å². The highest BCUT2D eigenvalue weighted by molar-refractivity contribution is 9.10. The molecule has 0 aliphatic carbocycles. The van der Waals surface area contributed by atoms with Gasteiger partial charge in [0.2, 0.25) is 0 Å². The molecule has 0 radical (unpaired) electrons. The summed E-state index contributed by atoms with van der Waals surface area (Å²) in [6, 6.07) is 8.07. The monoisotopic (exact) mass is 349 g/mol. The van der Waals surface area contributed by atoms with Gasteiger partial charge in [0.25, 0.3) is 0 Å². The van der Waals surface area contributed by atoms with Crippen LogP contribution >= 0.6 is 15.9 Å². The lowest BCUT2D eigenvalue weighted by atomic mass is 10.1. The smallest absolute Gasteiger partial charge is 0.161 e. The fraction of sp³-hybridized carbons (Fsp3) is 0.375. The molecule has 5 heteroatoms. The van der Waals surface area contributed by atoms with E-state index in [9.17, 15) is 0 Å². The number of halogens is 1. The summed E-state index contributed by atoms with van der Waals surface area (Å²) in [4.78, 5) is 9.18. The first kappa shape index (κ1) is 15.9. The van der Waals surface area contributed by atoms with Crippen molar-refractivity contribution in [1.82, 2.24) is 9.97 Å². The lowest BCUT2D eigenvalue weighted by Gasteiger charge is -2.10. The van der Waals surface area contributed by atoms with Crippen LogP contribution in [0.25, 0.3) is 11.4 Å². The van der Waals surface area contributed by atoms with Gasteiger partial charge in [-0.2, -0.15) is 0 Å². The van der Waals surface area contributed by atoms with Gasteiger partial charge in [-0.25, -0.2) is 9.97 Å². The van der Waals surface area contributed by atoms with E-state index in [-0.39, 0.29) is 0 Å². The van der Waals surface area contributed by atoms with Crippen LogP contribution in [0.5, 0.6) is 0 Å². The minimum absolute atomic E-state index is 0.478. The van der Waals surface area contributed by atoms with Crippen LogP contribution in [0, 0.1) is 6.92 Å². The normalized spacial score (nSPS) is 10.7. The number of anilines is 1. The fourth-order valence-corrected chi connectivity index (χ4v) is 2.22. The maximum Gasteiger partial charge on any atom is 0.161 e. The third-order valence-corrected chi connectivity index (χ3v) is 3.93. The van der Waals surface area contributed by atoms with E-state index in [1.807, 2.05) is 18.2 Å². The minimum atomic E-state index is 0.478. The molecule has 2 rings (SSSR count). The van der Waals surface area contributed by atoms with Crippen LogP contribution in [-0.4, -0.2) is 23.6 Å². The third-order valence-electron chi connectivity index (χ3n) is 3.04. The quantitative estimate of drug-likeness (QED) is 0.849. The molecule has 0 atom stereocenters. The number of nitrogens with one attached hydrogen (secondary N) is 1. The summed E-state index contributed by atoms with van der Waals surface area (Å²) >= 11 is 3.52. The van der Waals surface area contributed by atoms with E-state index in [2.05, 4.69) is 51.1 Å². The van der Waals surface area contributed by atoms with Crippen molar-refractivity contribution in [3.63, 3.8) is 0 Å². The van der Waals surface area contributed by atoms with Crippen molar-refractivity contribution in [2.75, 3.05) is 19.0 Å². The average Bonchev–Trinajstić information content (AvgIpc) is 2.48. The van der Waals surface area contributed by atoms with E-state index >= 15 is 0 Å². The Bertz CT molecular complexity index is 616. The molecule has 1 N–H and O–H groups in total. The van der Waals surface area contributed by atoms with Crippen molar-refractivity contribution >= 4 is 21.7 Å². The second kappa shape index (κ2) is 7.52. The molecule has 0 aliphatic rings. The van der Waals surface area contributed by atoms with Gasteiger partial charge in [-0.05, 0) is 31.0 Å². The van der Waals surface area contributed by atoms with Gasteiger partial charge in [0.15, 0.2) is 5.82 Å². The number of hydrogen-bond acceptors (Lipinski definition) is 4. The van der Waals surface area contributed by atoms with Gasteiger partial charge in [-0.3, -0.25) is 0 Å². The van der Waals surface area contributed by atoms with Gasteiger partial charge in [-0.1, -0.05) is 28.9 Å². The molecule has 0 fully saturated rings. The highest BCUT2D eigenvalue weighted by Gasteiger charge is 2.08. The van der Waals surface area contributed by atoms with Crippen molar-refractivity contribution < 1.29 is 4.74 Å². The Hall–Kier alpha value is -1.46. The molecule has 0 bridgehead atoms. The molecule has 21 heavy (non-hydrogen) atoms. The van der Waals surface area contributed by atoms with E-state index in [0.717, 1.165) is 45.9 Å². The number of ether oxygens (including phenoxy) is 1. The van der Waals surface area contributed by atoms with E-state index in [1.54, 1.807) is 7.11 Å². The summed E-state index contributed by atoms with van der Waals surface area (Å²) in [6.07, 6.45) is 1.05. The van der Waals surface area contributed by atoms with Crippen LogP contribution in [-0.2, 0) is 11.3 Å². The summed E-state index contributed by atoms with van der Waals surface area (Å²) in [7, 11) is 1.67. The number of rotatable bonds is 6. The number of aryl methyl sites for hydroxylation is 1. The second-order valence-electron chi connectivity index (χ2n) is 4.89. The molecule has 1 aromatic heterocycles. The zero-order valence-corrected chi connectivity index (χ0v) is 14.2. The molecule has 0 saturated heterocycles. The first-order valence-electron chi connectivity index (χ1n) is 7.01. The Morgan fingerprint density at radius 3 is 2.71 bits per heavy atom. The lowest BCUT2D eigenvalue weighted by molar-refractivity contribution is 0.181. The molecule has 2 aromatic rings. The van der Waals surface area contributed by atoms with Gasteiger partial charge in [0.1, 0.15) is 5.82 Å². The number of nitrogens with zero attached hydrogens (tertiary/aromatic N) is 2. The fourth-order valence-electron chi connectivity index (χ4n) is 1.98. The van der Waals surface area contributed by atoms with Crippen molar-refractivity contribution in [2.45, 2.75) is 26.9 Å². The van der Waals surface area contributed by atoms with Crippen molar-refractivity contribution in [2.24, 2.45) is 0 Å². The molecule has 112 valence electrons. The molecule has 0 saturated carbocycles. The third kappa shape index (κ3) is 4.25. The van der Waals surface area contributed by atoms with Crippen LogP contribution in [0.4, 0.5) is 5.82 Å². The second-order valence-corrected chi connectivity index (χ2v) is 5.75. The SMILES string of the molecule is CCCNc1cc(COC)nc(-c2ccc(Br)c(C)c2)n1. The largest absolute Gasteiger partial charge is 0.378 e. The van der Waals surface area contributed by atoms with Crippen molar-refractivity contribution in [3.05, 3.63) is 40.0 Å². The lowest BCUT2D eigenvalue weighted by Crippen LogP contribution is -2.06. The van der Waals surface area contributed by atoms with E-state index in [0.29, 0.717) is 6.61 Å². The summed E-state index contributed by atoms with van der Waals surface area (Å²) in [5, 5.41) is 3.31. The predicted molar refractivity (Wildman–Crippen MR) is 89.4 cm³/mol. The van der Waals surface area contributed by atoms with Gasteiger partial charge in [0, 0.05) is 29.8 Å². The van der Waals surface area contributed by atoms with Crippen molar-refractivity contribution in [3.8, 4) is 11.4 Å². The van der Waals surface area contributed by atoms with Crippen LogP contribution in [0.2, 0.25) is 0 Å². The molecule has 0 amide bonds. The Balaban J connectivity index is 2.40. The molecule has 4 nitrogen and oxygen atoms in total. The molecular formula is C16H20BrN3O. The Labute approximate surface area is 134 Å². The summed E-state index contributed by atoms with van der Waals surface area (Å²) in [6.45, 7) is 5.56. The number of aromatic nitrogens is 2. The van der Waals surface area contributed by atoms with Gasteiger partial charge >= 0.3 is 0 Å². The molecular weight excluding hydrogens is 330 g/mol. The number of methoxy groups -OCH3 is 1. The standard InChI is InChI=1S/C16H20BrN3O/c1-4-7-18-15-9-13(10-21-3)19-16(20-15)12-5-6-14(17)11(2)8-12/h5-6,8-9H,4,7,10H2,1-3H3,(H,18,19,20). The van der Waals surface area contributed by atoms with Crippen LogP contribution in [0.15, 0.2) is 28.7 Å². The maximum absolute atomic E-state index is 5.20. The average molecular weight is 350 g/mol. The van der Waals surface area contributed by atoms with Gasteiger partial charge in [0.05, 0.1) is 12.3 Å². The molecule has 1 heterocycles. The molecule has 0 aliphatic heterocycles. The predicted octanol–water partition coefficient (Wildman–Crippen LogP) is 4.18. The van der Waals surface area contributed by atoms with Gasteiger partial charge in [-0.15, -0.1) is 0 Å². The summed E-state index contributed by atoms with van der Waals surface area (Å²) in [5.41, 5.74) is 3.05. The first-order valence-corrected chi connectivity index (χ1v) is 7.80. The summed E-state index contributed by atoms with van der Waals surface area (Å²) < 4.78 is 6.28. The maximum atomic E-state index is 5.20. The Kier molecular flexibility index (Phi) is 5.70. The van der Waals surface area contributed by atoms with Crippen LogP contribution in [0.1, 0.15) is 24.6 Å². The topological polar surface area (TPSA) is 47.0 Å². The Morgan fingerprint density at radius 1 is 1.24 bits per heavy atom. The molecule has 0 spiro atoms. The highest BCUT2D eigenvalue weighted by Crippen LogP contribution is 2.24. The van der Waals surface area contributed by atoms with E-state index in [1.165, 1.54) is 0 Å². The molecule has 0 unspecified atom stereocenters. The minimum Gasteiger partial charge on any atom is -0.378 e.